The molecule has 2 atom stereocenters. The zero-order chi connectivity index (χ0) is 59.2. The number of aliphatic hydroxyl groups is 2. The molecule has 0 aliphatic carbocycles. The quantitative estimate of drug-likeness (QED) is 0.0320. The summed E-state index contributed by atoms with van der Waals surface area (Å²) in [5, 5.41) is 23.3. The molecule has 0 radical (unpaired) electrons. The lowest BCUT2D eigenvalue weighted by Crippen LogP contribution is -2.45. The number of esters is 1. The number of ether oxygens (including phenoxy) is 1. The molecule has 0 spiro atoms. The van der Waals surface area contributed by atoms with Gasteiger partial charge >= 0.3 is 5.97 Å². The number of carbonyl (C=O) groups is 2. The number of rotatable bonds is 71. The molecule has 0 aromatic heterocycles. The Kier molecular flexibility index (Phi) is 70.4. The second-order valence-electron chi connectivity index (χ2n) is 26.0. The first-order valence-electron chi connectivity index (χ1n) is 37.6. The highest BCUT2D eigenvalue weighted by atomic mass is 16.5. The summed E-state index contributed by atoms with van der Waals surface area (Å²) >= 11 is 0. The zero-order valence-electron chi connectivity index (χ0n) is 55.8. The maximum absolute atomic E-state index is 12.5. The van der Waals surface area contributed by atoms with Crippen LogP contribution in [-0.4, -0.2) is 47.4 Å². The maximum Gasteiger partial charge on any atom is 0.305 e. The van der Waals surface area contributed by atoms with Gasteiger partial charge in [-0.2, -0.15) is 0 Å². The minimum atomic E-state index is -0.844. The summed E-state index contributed by atoms with van der Waals surface area (Å²) in [7, 11) is 0. The van der Waals surface area contributed by atoms with E-state index in [1.807, 2.05) is 6.08 Å². The van der Waals surface area contributed by atoms with Crippen LogP contribution in [0.15, 0.2) is 24.3 Å². The van der Waals surface area contributed by atoms with Crippen molar-refractivity contribution in [1.82, 2.24) is 5.32 Å². The largest absolute Gasteiger partial charge is 0.466 e. The van der Waals surface area contributed by atoms with E-state index in [2.05, 4.69) is 31.3 Å². The molecule has 0 bridgehead atoms. The van der Waals surface area contributed by atoms with Gasteiger partial charge in [0.05, 0.1) is 25.4 Å². The van der Waals surface area contributed by atoms with Crippen LogP contribution in [0.2, 0.25) is 0 Å². The summed E-state index contributed by atoms with van der Waals surface area (Å²) in [5.74, 6) is -0.0475. The molecule has 0 fully saturated rings. The molecule has 1 amide bonds. The fraction of sp³-hybridized carbons (Fsp3) is 0.921. The molecule has 0 saturated carbocycles. The highest BCUT2D eigenvalue weighted by Crippen LogP contribution is 2.19. The number of carbonyl (C=O) groups excluding carboxylic acids is 2. The summed E-state index contributed by atoms with van der Waals surface area (Å²) < 4.78 is 5.51. The Hall–Kier alpha value is -1.66. The molecule has 0 aliphatic heterocycles. The number of allylic oxidation sites excluding steroid dienone is 3. The summed E-state index contributed by atoms with van der Waals surface area (Å²) in [4.78, 5) is 24.7. The Morgan fingerprint density at radius 1 is 0.329 bits per heavy atom. The topological polar surface area (TPSA) is 95.9 Å². The Balaban J connectivity index is 3.38. The molecule has 0 heterocycles. The summed E-state index contributed by atoms with van der Waals surface area (Å²) in [6, 6.07) is -0.628. The van der Waals surface area contributed by atoms with Crippen LogP contribution in [0.4, 0.5) is 0 Å². The van der Waals surface area contributed by atoms with Gasteiger partial charge in [0.25, 0.3) is 0 Å². The highest BCUT2D eigenvalue weighted by molar-refractivity contribution is 5.76. The number of aliphatic hydroxyl groups excluding tert-OH is 2. The molecular formula is C76H147NO5. The van der Waals surface area contributed by atoms with Crippen LogP contribution in [0.3, 0.4) is 0 Å². The van der Waals surface area contributed by atoms with Crippen molar-refractivity contribution in [2.24, 2.45) is 0 Å². The van der Waals surface area contributed by atoms with E-state index in [0.29, 0.717) is 19.4 Å². The van der Waals surface area contributed by atoms with Crippen LogP contribution in [0, 0.1) is 0 Å². The summed E-state index contributed by atoms with van der Waals surface area (Å²) in [5.41, 5.74) is 0. The summed E-state index contributed by atoms with van der Waals surface area (Å²) in [6.07, 6.45) is 91.3. The molecule has 0 aliphatic rings. The van der Waals surface area contributed by atoms with Gasteiger partial charge in [-0.1, -0.05) is 378 Å². The first kappa shape index (κ1) is 80.3. The predicted octanol–water partition coefficient (Wildman–Crippen LogP) is 24.5. The molecule has 0 rings (SSSR count). The number of amides is 1. The minimum absolute atomic E-state index is 0.0141. The van der Waals surface area contributed by atoms with E-state index in [-0.39, 0.29) is 18.5 Å². The van der Waals surface area contributed by atoms with Crippen LogP contribution in [0.5, 0.6) is 0 Å². The fourth-order valence-electron chi connectivity index (χ4n) is 12.0. The first-order valence-corrected chi connectivity index (χ1v) is 37.6. The van der Waals surface area contributed by atoms with E-state index < -0.39 is 12.1 Å². The van der Waals surface area contributed by atoms with E-state index in [4.69, 9.17) is 4.74 Å². The van der Waals surface area contributed by atoms with Crippen molar-refractivity contribution >= 4 is 11.9 Å². The van der Waals surface area contributed by atoms with Gasteiger partial charge in [-0.15, -0.1) is 0 Å². The van der Waals surface area contributed by atoms with Crippen LogP contribution in [0.25, 0.3) is 0 Å². The van der Waals surface area contributed by atoms with Gasteiger partial charge in [0.2, 0.25) is 5.91 Å². The van der Waals surface area contributed by atoms with Crippen LogP contribution in [-0.2, 0) is 14.3 Å². The summed E-state index contributed by atoms with van der Waals surface area (Å²) in [6.45, 7) is 4.95. The normalized spacial score (nSPS) is 12.6. The standard InChI is InChI=1S/C76H147NO5/c1-3-5-7-9-11-13-15-17-19-21-23-24-30-33-36-40-44-48-52-56-60-64-68-74(79)73(72-78)77-75(80)69-65-61-57-53-49-45-41-37-34-31-28-26-25-27-29-32-35-39-43-47-51-55-59-63-67-71-82-76(81)70-66-62-58-54-50-46-42-38-22-20-18-16-14-12-10-8-6-4-2/h20,22,64,68,73-74,78-79H,3-19,21,23-63,65-67,69-72H2,1-2H3,(H,77,80)/b22-20-,68-64+. The molecule has 6 heteroatoms. The van der Waals surface area contributed by atoms with Gasteiger partial charge < -0.3 is 20.3 Å². The van der Waals surface area contributed by atoms with Gasteiger partial charge in [0, 0.05) is 12.8 Å². The Bertz CT molecular complexity index is 1280. The lowest BCUT2D eigenvalue weighted by molar-refractivity contribution is -0.143. The number of nitrogens with one attached hydrogen (secondary N) is 1. The van der Waals surface area contributed by atoms with Gasteiger partial charge in [0.15, 0.2) is 0 Å². The molecule has 0 aromatic carbocycles. The maximum atomic E-state index is 12.5. The molecule has 82 heavy (non-hydrogen) atoms. The van der Waals surface area contributed by atoms with Crippen LogP contribution in [0.1, 0.15) is 425 Å². The van der Waals surface area contributed by atoms with Gasteiger partial charge in [-0.05, 0) is 57.8 Å². The van der Waals surface area contributed by atoms with Crippen LogP contribution >= 0.6 is 0 Å². The molecule has 6 nitrogen and oxygen atoms in total. The van der Waals surface area contributed by atoms with Crippen molar-refractivity contribution in [1.29, 1.82) is 0 Å². The Labute approximate surface area is 513 Å². The molecule has 0 aromatic rings. The monoisotopic (exact) mass is 1150 g/mol. The third kappa shape index (κ3) is 67.5. The fourth-order valence-corrected chi connectivity index (χ4v) is 12.0. The van der Waals surface area contributed by atoms with Gasteiger partial charge in [-0.3, -0.25) is 9.59 Å². The second-order valence-corrected chi connectivity index (χ2v) is 26.0. The second kappa shape index (κ2) is 71.8. The number of hydrogen-bond donors (Lipinski definition) is 3. The first-order chi connectivity index (χ1) is 40.5. The number of unbranched alkanes of at least 4 members (excludes halogenated alkanes) is 58. The van der Waals surface area contributed by atoms with E-state index in [0.717, 1.165) is 44.9 Å². The Morgan fingerprint density at radius 2 is 0.573 bits per heavy atom. The highest BCUT2D eigenvalue weighted by Gasteiger charge is 2.18. The SMILES string of the molecule is CCCCCCCCC/C=C\CCCCCCCCCC(=O)OCCCCCCCCCCCCCCCCCCCCCCCCCCCC(=O)NC(CO)C(O)/C=C/CCCCCCCCCCCCCCCCCCCCCC. The molecule has 2 unspecified atom stereocenters. The lowest BCUT2D eigenvalue weighted by atomic mass is 10.0. The van der Waals surface area contributed by atoms with E-state index in [9.17, 15) is 19.8 Å². The third-order valence-electron chi connectivity index (χ3n) is 17.7. The minimum Gasteiger partial charge on any atom is -0.466 e. The average Bonchev–Trinajstić information content (AvgIpc) is 3.48. The smallest absolute Gasteiger partial charge is 0.305 e. The zero-order valence-corrected chi connectivity index (χ0v) is 55.8. The average molecular weight is 1160 g/mol. The molecule has 486 valence electrons. The predicted molar refractivity (Wildman–Crippen MR) is 361 cm³/mol. The van der Waals surface area contributed by atoms with Crippen molar-refractivity contribution in [3.05, 3.63) is 24.3 Å². The van der Waals surface area contributed by atoms with Crippen LogP contribution < -0.4 is 5.32 Å². The van der Waals surface area contributed by atoms with Gasteiger partial charge in [0.1, 0.15) is 0 Å². The number of hydrogen-bond acceptors (Lipinski definition) is 5. The molecule has 3 N–H and O–H groups in total. The third-order valence-corrected chi connectivity index (χ3v) is 17.7. The Morgan fingerprint density at radius 3 is 0.866 bits per heavy atom. The van der Waals surface area contributed by atoms with E-state index in [1.165, 1.54) is 353 Å². The van der Waals surface area contributed by atoms with E-state index in [1.54, 1.807) is 6.08 Å². The molecule has 0 saturated heterocycles. The van der Waals surface area contributed by atoms with Crippen molar-refractivity contribution in [3.8, 4) is 0 Å². The van der Waals surface area contributed by atoms with Crippen molar-refractivity contribution in [3.63, 3.8) is 0 Å². The van der Waals surface area contributed by atoms with Crippen molar-refractivity contribution in [2.45, 2.75) is 437 Å². The van der Waals surface area contributed by atoms with Gasteiger partial charge in [-0.25, -0.2) is 0 Å². The van der Waals surface area contributed by atoms with Crippen molar-refractivity contribution < 1.29 is 24.5 Å². The van der Waals surface area contributed by atoms with Crippen molar-refractivity contribution in [2.75, 3.05) is 13.2 Å². The van der Waals surface area contributed by atoms with E-state index >= 15 is 0 Å². The molecular weight excluding hydrogens is 1010 g/mol. The lowest BCUT2D eigenvalue weighted by Gasteiger charge is -2.20.